The van der Waals surface area contributed by atoms with Gasteiger partial charge in [0.25, 0.3) is 0 Å². The van der Waals surface area contributed by atoms with Crippen molar-refractivity contribution in [3.63, 3.8) is 0 Å². The molecular formula is C17H17N3OS2. The van der Waals surface area contributed by atoms with Crippen LogP contribution in [0.25, 0.3) is 10.2 Å². The van der Waals surface area contributed by atoms with E-state index in [0.29, 0.717) is 5.75 Å². The highest BCUT2D eigenvalue weighted by Gasteiger charge is 2.08. The molecule has 0 bridgehead atoms. The minimum atomic E-state index is -0.0296. The molecule has 3 aromatic rings. The van der Waals surface area contributed by atoms with E-state index in [0.717, 1.165) is 32.4 Å². The first-order chi connectivity index (χ1) is 11.1. The predicted octanol–water partition coefficient (Wildman–Crippen LogP) is 4.17. The van der Waals surface area contributed by atoms with E-state index in [2.05, 4.69) is 17.2 Å². The summed E-state index contributed by atoms with van der Waals surface area (Å²) in [6, 6.07) is 13.6. The van der Waals surface area contributed by atoms with Crippen LogP contribution in [0.4, 0.5) is 11.4 Å². The lowest BCUT2D eigenvalue weighted by molar-refractivity contribution is -0.113. The van der Waals surface area contributed by atoms with Crippen molar-refractivity contribution in [3.05, 3.63) is 48.0 Å². The zero-order chi connectivity index (χ0) is 16.2. The Hall–Kier alpha value is -2.05. The van der Waals surface area contributed by atoms with E-state index in [1.165, 1.54) is 17.3 Å². The normalized spacial score (nSPS) is 10.8. The quantitative estimate of drug-likeness (QED) is 0.539. The molecule has 0 aliphatic carbocycles. The number of nitrogens with one attached hydrogen (secondary N) is 1. The van der Waals surface area contributed by atoms with Crippen LogP contribution in [-0.4, -0.2) is 16.6 Å². The second-order valence-corrected chi connectivity index (χ2v) is 7.35. The molecule has 1 amide bonds. The maximum Gasteiger partial charge on any atom is 0.234 e. The van der Waals surface area contributed by atoms with Gasteiger partial charge in [-0.05, 0) is 42.3 Å². The highest BCUT2D eigenvalue weighted by Crippen LogP contribution is 2.30. The van der Waals surface area contributed by atoms with Gasteiger partial charge in [0.05, 0.1) is 16.0 Å². The van der Waals surface area contributed by atoms with E-state index in [9.17, 15) is 4.79 Å². The fourth-order valence-electron chi connectivity index (χ4n) is 2.13. The molecule has 0 saturated carbocycles. The first kappa shape index (κ1) is 15.8. The fourth-order valence-corrected chi connectivity index (χ4v) is 4.05. The molecular weight excluding hydrogens is 326 g/mol. The van der Waals surface area contributed by atoms with Crippen LogP contribution in [0.3, 0.4) is 0 Å². The summed E-state index contributed by atoms with van der Waals surface area (Å²) in [5.41, 5.74) is 9.50. The number of carbonyl (C=O) groups excluding carboxylic acids is 1. The average Bonchev–Trinajstić information content (AvgIpc) is 2.95. The SMILES string of the molecule is CCc1ccc(NC(=O)CSc2nc3ccc(N)cc3s2)cc1. The van der Waals surface area contributed by atoms with Gasteiger partial charge in [0.1, 0.15) is 0 Å². The van der Waals surface area contributed by atoms with Crippen molar-refractivity contribution < 1.29 is 4.79 Å². The number of fused-ring (bicyclic) bond motifs is 1. The number of thioether (sulfide) groups is 1. The summed E-state index contributed by atoms with van der Waals surface area (Å²) in [6.45, 7) is 2.11. The molecule has 0 unspecified atom stereocenters. The number of nitrogens with zero attached hydrogens (tertiary/aromatic N) is 1. The van der Waals surface area contributed by atoms with Crippen molar-refractivity contribution in [2.24, 2.45) is 0 Å². The molecule has 0 radical (unpaired) electrons. The standard InChI is InChI=1S/C17H17N3OS2/c1-2-11-3-6-13(7-4-11)19-16(21)10-22-17-20-14-8-5-12(18)9-15(14)23-17/h3-9H,2,10,18H2,1H3,(H,19,21). The van der Waals surface area contributed by atoms with Crippen LogP contribution < -0.4 is 11.1 Å². The Labute approximate surface area is 143 Å². The van der Waals surface area contributed by atoms with Crippen LogP contribution in [0.2, 0.25) is 0 Å². The molecule has 0 fully saturated rings. The number of aromatic nitrogens is 1. The van der Waals surface area contributed by atoms with Gasteiger partial charge in [-0.1, -0.05) is 30.8 Å². The summed E-state index contributed by atoms with van der Waals surface area (Å²) < 4.78 is 1.92. The van der Waals surface area contributed by atoms with Crippen LogP contribution in [0, 0.1) is 0 Å². The second kappa shape index (κ2) is 7.02. The molecule has 6 heteroatoms. The first-order valence-corrected chi connectivity index (χ1v) is 9.12. The molecule has 4 nitrogen and oxygen atoms in total. The summed E-state index contributed by atoms with van der Waals surface area (Å²) in [7, 11) is 0. The minimum absolute atomic E-state index is 0.0296. The molecule has 3 N–H and O–H groups in total. The van der Waals surface area contributed by atoms with Gasteiger partial charge >= 0.3 is 0 Å². The molecule has 3 rings (SSSR count). The molecule has 0 aliphatic rings. The minimum Gasteiger partial charge on any atom is -0.399 e. The number of aryl methyl sites for hydroxylation is 1. The maximum atomic E-state index is 12.0. The van der Waals surface area contributed by atoms with E-state index in [-0.39, 0.29) is 5.91 Å². The summed E-state index contributed by atoms with van der Waals surface area (Å²) in [4.78, 5) is 16.5. The summed E-state index contributed by atoms with van der Waals surface area (Å²) in [5, 5.41) is 2.90. The summed E-state index contributed by atoms with van der Waals surface area (Å²) in [6.07, 6.45) is 0.992. The number of nitrogens with two attached hydrogens (primary N) is 1. The van der Waals surface area contributed by atoms with Gasteiger partial charge in [-0.25, -0.2) is 4.98 Å². The Morgan fingerprint density at radius 1 is 1.26 bits per heavy atom. The molecule has 1 aromatic heterocycles. The number of carbonyl (C=O) groups is 1. The predicted molar refractivity (Wildman–Crippen MR) is 99.2 cm³/mol. The van der Waals surface area contributed by atoms with Crippen molar-refractivity contribution in [2.75, 3.05) is 16.8 Å². The molecule has 118 valence electrons. The van der Waals surface area contributed by atoms with Crippen LogP contribution in [0.1, 0.15) is 12.5 Å². The molecule has 2 aromatic carbocycles. The van der Waals surface area contributed by atoms with Crippen LogP contribution in [0.5, 0.6) is 0 Å². The smallest absolute Gasteiger partial charge is 0.234 e. The van der Waals surface area contributed by atoms with E-state index in [1.54, 1.807) is 11.3 Å². The monoisotopic (exact) mass is 343 g/mol. The molecule has 0 saturated heterocycles. The topological polar surface area (TPSA) is 68.0 Å². The highest BCUT2D eigenvalue weighted by atomic mass is 32.2. The fraction of sp³-hybridized carbons (Fsp3) is 0.176. The van der Waals surface area contributed by atoms with E-state index >= 15 is 0 Å². The van der Waals surface area contributed by atoms with Crippen molar-refractivity contribution in [2.45, 2.75) is 17.7 Å². The van der Waals surface area contributed by atoms with E-state index in [1.807, 2.05) is 42.5 Å². The van der Waals surface area contributed by atoms with Gasteiger partial charge in [-0.3, -0.25) is 4.79 Å². The van der Waals surface area contributed by atoms with Gasteiger partial charge in [0.2, 0.25) is 5.91 Å². The van der Waals surface area contributed by atoms with Crippen LogP contribution in [0.15, 0.2) is 46.8 Å². The summed E-state index contributed by atoms with van der Waals surface area (Å²) >= 11 is 3.00. The van der Waals surface area contributed by atoms with E-state index < -0.39 is 0 Å². The molecule has 0 atom stereocenters. The zero-order valence-corrected chi connectivity index (χ0v) is 14.3. The highest BCUT2D eigenvalue weighted by molar-refractivity contribution is 8.01. The number of amides is 1. The number of nitrogen functional groups attached to an aromatic ring is 1. The number of hydrogen-bond acceptors (Lipinski definition) is 5. The van der Waals surface area contributed by atoms with Crippen LogP contribution >= 0.6 is 23.1 Å². The van der Waals surface area contributed by atoms with Crippen molar-refractivity contribution in [1.29, 1.82) is 0 Å². The largest absolute Gasteiger partial charge is 0.399 e. The van der Waals surface area contributed by atoms with Crippen LogP contribution in [-0.2, 0) is 11.2 Å². The van der Waals surface area contributed by atoms with Gasteiger partial charge in [-0.15, -0.1) is 11.3 Å². The number of thiazole rings is 1. The number of rotatable bonds is 5. The molecule has 0 aliphatic heterocycles. The molecule has 0 spiro atoms. The van der Waals surface area contributed by atoms with Gasteiger partial charge in [0.15, 0.2) is 4.34 Å². The average molecular weight is 343 g/mol. The molecule has 23 heavy (non-hydrogen) atoms. The maximum absolute atomic E-state index is 12.0. The third kappa shape index (κ3) is 4.03. The number of benzene rings is 2. The first-order valence-electron chi connectivity index (χ1n) is 7.31. The Morgan fingerprint density at radius 2 is 2.04 bits per heavy atom. The van der Waals surface area contributed by atoms with Crippen molar-refractivity contribution in [3.8, 4) is 0 Å². The lowest BCUT2D eigenvalue weighted by Crippen LogP contribution is -2.13. The second-order valence-electron chi connectivity index (χ2n) is 5.09. The Bertz CT molecular complexity index is 827. The molecule has 1 heterocycles. The zero-order valence-electron chi connectivity index (χ0n) is 12.7. The van der Waals surface area contributed by atoms with Gasteiger partial charge in [0, 0.05) is 11.4 Å². The number of hydrogen-bond donors (Lipinski definition) is 2. The summed E-state index contributed by atoms with van der Waals surface area (Å²) in [5.74, 6) is 0.309. The lowest BCUT2D eigenvalue weighted by Gasteiger charge is -2.05. The van der Waals surface area contributed by atoms with Crippen molar-refractivity contribution >= 4 is 50.6 Å². The van der Waals surface area contributed by atoms with Gasteiger partial charge < -0.3 is 11.1 Å². The Kier molecular flexibility index (Phi) is 4.83. The van der Waals surface area contributed by atoms with Crippen molar-refractivity contribution in [1.82, 2.24) is 4.98 Å². The lowest BCUT2D eigenvalue weighted by atomic mass is 10.1. The third-order valence-corrected chi connectivity index (χ3v) is 5.53. The Morgan fingerprint density at radius 3 is 2.78 bits per heavy atom. The Balaban J connectivity index is 1.58. The van der Waals surface area contributed by atoms with E-state index in [4.69, 9.17) is 5.73 Å². The van der Waals surface area contributed by atoms with Gasteiger partial charge in [-0.2, -0.15) is 0 Å². The number of anilines is 2. The third-order valence-electron chi connectivity index (χ3n) is 3.37.